The molecule has 28 heavy (non-hydrogen) atoms. The Balaban J connectivity index is 1.66. The lowest BCUT2D eigenvalue weighted by molar-refractivity contribution is 0.184. The van der Waals surface area contributed by atoms with Gasteiger partial charge in [0.15, 0.2) is 5.82 Å². The van der Waals surface area contributed by atoms with E-state index in [1.54, 1.807) is 36.0 Å². The van der Waals surface area contributed by atoms with Gasteiger partial charge in [-0.25, -0.2) is 9.97 Å². The summed E-state index contributed by atoms with van der Waals surface area (Å²) in [5.41, 5.74) is 5.46. The van der Waals surface area contributed by atoms with E-state index >= 15 is 0 Å². The fraction of sp³-hybridized carbons (Fsp3) is 0.409. The van der Waals surface area contributed by atoms with Gasteiger partial charge in [0.1, 0.15) is 16.9 Å². The standard InChI is InChI=1S/C22H26N4OS/c1-4-22(2,3)15-9-10-18-16(11-15)19-20(23-13-24-21(19)28-18)26-25-12-14-7-5-6-8-17(14)27/h5-8,12-13,15,27H,4,9-11H2,1-3H3,(H,23,24,26)/b25-12-/t15-/m1/s1. The second-order valence-electron chi connectivity index (χ2n) is 8.12. The van der Waals surface area contributed by atoms with Crippen LogP contribution in [0.4, 0.5) is 5.82 Å². The summed E-state index contributed by atoms with van der Waals surface area (Å²) in [6.45, 7) is 7.04. The van der Waals surface area contributed by atoms with E-state index in [1.807, 2.05) is 12.1 Å². The number of rotatable bonds is 5. The molecule has 146 valence electrons. The molecule has 4 rings (SSSR count). The van der Waals surface area contributed by atoms with Crippen molar-refractivity contribution in [2.45, 2.75) is 46.5 Å². The fourth-order valence-corrected chi connectivity index (χ4v) is 5.09. The normalized spacial score (nSPS) is 17.2. The van der Waals surface area contributed by atoms with Gasteiger partial charge in [-0.1, -0.05) is 39.3 Å². The Kier molecular flexibility index (Phi) is 5.06. The zero-order valence-corrected chi connectivity index (χ0v) is 17.4. The van der Waals surface area contributed by atoms with Gasteiger partial charge in [-0.3, -0.25) is 5.43 Å². The highest BCUT2D eigenvalue weighted by atomic mass is 32.1. The van der Waals surface area contributed by atoms with Crippen LogP contribution in [0.1, 0.15) is 49.6 Å². The second-order valence-corrected chi connectivity index (χ2v) is 9.20. The number of thiophene rings is 1. The number of hydrogen-bond acceptors (Lipinski definition) is 6. The molecule has 0 saturated heterocycles. The SMILES string of the molecule is CCC(C)(C)[C@@H]1CCc2sc3ncnc(N/N=C\c4ccccc4O)c3c2C1. The maximum atomic E-state index is 9.89. The molecule has 0 fully saturated rings. The largest absolute Gasteiger partial charge is 0.507 e. The Hall–Kier alpha value is -2.47. The Labute approximate surface area is 169 Å². The van der Waals surface area contributed by atoms with Crippen LogP contribution in [0.3, 0.4) is 0 Å². The Bertz CT molecular complexity index is 1020. The number of fused-ring (bicyclic) bond motifs is 3. The minimum absolute atomic E-state index is 0.207. The molecule has 0 spiro atoms. The number of aryl methyl sites for hydroxylation is 1. The Morgan fingerprint density at radius 1 is 1.32 bits per heavy atom. The first-order valence-electron chi connectivity index (χ1n) is 9.82. The average molecular weight is 395 g/mol. The molecule has 0 unspecified atom stereocenters. The molecule has 0 amide bonds. The van der Waals surface area contributed by atoms with Gasteiger partial charge in [0.25, 0.3) is 0 Å². The van der Waals surface area contributed by atoms with E-state index < -0.39 is 0 Å². The monoisotopic (exact) mass is 394 g/mol. The van der Waals surface area contributed by atoms with Crippen molar-refractivity contribution in [1.29, 1.82) is 0 Å². The molecule has 2 heterocycles. The molecule has 1 aliphatic rings. The molecule has 3 aromatic rings. The van der Waals surface area contributed by atoms with Gasteiger partial charge in [0.2, 0.25) is 0 Å². The third-order valence-electron chi connectivity index (χ3n) is 6.17. The zero-order valence-electron chi connectivity index (χ0n) is 16.6. The second kappa shape index (κ2) is 7.51. The maximum Gasteiger partial charge on any atom is 0.158 e. The number of hydrazone groups is 1. The van der Waals surface area contributed by atoms with Crippen molar-refractivity contribution in [2.75, 3.05) is 5.43 Å². The summed E-state index contributed by atoms with van der Waals surface area (Å²) < 4.78 is 0. The molecule has 0 radical (unpaired) electrons. The molecule has 1 atom stereocenters. The van der Waals surface area contributed by atoms with Crippen molar-refractivity contribution < 1.29 is 5.11 Å². The number of phenolic OH excluding ortho intramolecular Hbond substituents is 1. The molecule has 1 aromatic carbocycles. The number of nitrogens with zero attached hydrogens (tertiary/aromatic N) is 3. The summed E-state index contributed by atoms with van der Waals surface area (Å²) in [7, 11) is 0. The van der Waals surface area contributed by atoms with E-state index in [0.29, 0.717) is 16.9 Å². The van der Waals surface area contributed by atoms with Gasteiger partial charge < -0.3 is 5.11 Å². The predicted molar refractivity (Wildman–Crippen MR) is 116 cm³/mol. The average Bonchev–Trinajstić information content (AvgIpc) is 3.08. The summed E-state index contributed by atoms with van der Waals surface area (Å²) >= 11 is 1.78. The molecule has 2 aromatic heterocycles. The van der Waals surface area contributed by atoms with Crippen LogP contribution in [-0.2, 0) is 12.8 Å². The topological polar surface area (TPSA) is 70.4 Å². The fourth-order valence-electron chi connectivity index (χ4n) is 3.91. The van der Waals surface area contributed by atoms with Crippen LogP contribution in [-0.4, -0.2) is 21.3 Å². The minimum Gasteiger partial charge on any atom is -0.507 e. The number of benzene rings is 1. The van der Waals surface area contributed by atoms with E-state index in [4.69, 9.17) is 0 Å². The smallest absolute Gasteiger partial charge is 0.158 e. The minimum atomic E-state index is 0.207. The summed E-state index contributed by atoms with van der Waals surface area (Å²) in [4.78, 5) is 11.4. The third-order valence-corrected chi connectivity index (χ3v) is 7.37. The number of anilines is 1. The van der Waals surface area contributed by atoms with E-state index in [1.165, 1.54) is 23.3 Å². The maximum absolute atomic E-state index is 9.89. The first-order chi connectivity index (χ1) is 13.5. The van der Waals surface area contributed by atoms with Gasteiger partial charge in [-0.2, -0.15) is 5.10 Å². The van der Waals surface area contributed by atoms with Gasteiger partial charge in [0.05, 0.1) is 11.6 Å². The van der Waals surface area contributed by atoms with Crippen molar-refractivity contribution >= 4 is 33.6 Å². The molecular weight excluding hydrogens is 368 g/mol. The number of phenols is 1. The lowest BCUT2D eigenvalue weighted by Gasteiger charge is -2.36. The number of aromatic hydroxyl groups is 1. The molecule has 2 N–H and O–H groups in total. The van der Waals surface area contributed by atoms with Crippen LogP contribution in [0.2, 0.25) is 0 Å². The highest BCUT2D eigenvalue weighted by molar-refractivity contribution is 7.19. The summed E-state index contributed by atoms with van der Waals surface area (Å²) in [6.07, 6.45) is 7.82. The molecule has 0 aliphatic heterocycles. The molecular formula is C22H26N4OS. The van der Waals surface area contributed by atoms with Crippen LogP contribution in [0.25, 0.3) is 10.2 Å². The van der Waals surface area contributed by atoms with Gasteiger partial charge in [-0.05, 0) is 48.3 Å². The number of nitrogens with one attached hydrogen (secondary N) is 1. The summed E-state index contributed by atoms with van der Waals surface area (Å²) in [6, 6.07) is 7.13. The van der Waals surface area contributed by atoms with Crippen molar-refractivity contribution in [3.05, 3.63) is 46.6 Å². The van der Waals surface area contributed by atoms with Gasteiger partial charge in [-0.15, -0.1) is 11.3 Å². The highest BCUT2D eigenvalue weighted by Gasteiger charge is 2.33. The van der Waals surface area contributed by atoms with E-state index in [9.17, 15) is 5.11 Å². The summed E-state index contributed by atoms with van der Waals surface area (Å²) in [5, 5.41) is 15.3. The Morgan fingerprint density at radius 3 is 2.93 bits per heavy atom. The van der Waals surface area contributed by atoms with Crippen LogP contribution >= 0.6 is 11.3 Å². The van der Waals surface area contributed by atoms with Crippen LogP contribution < -0.4 is 5.43 Å². The van der Waals surface area contributed by atoms with Gasteiger partial charge in [0, 0.05) is 10.4 Å². The Morgan fingerprint density at radius 2 is 2.14 bits per heavy atom. The van der Waals surface area contributed by atoms with Crippen molar-refractivity contribution in [1.82, 2.24) is 9.97 Å². The quantitative estimate of drug-likeness (QED) is 0.450. The number of aromatic nitrogens is 2. The van der Waals surface area contributed by atoms with E-state index in [2.05, 4.69) is 41.3 Å². The van der Waals surface area contributed by atoms with Crippen molar-refractivity contribution in [2.24, 2.45) is 16.4 Å². The zero-order chi connectivity index (χ0) is 19.7. The highest BCUT2D eigenvalue weighted by Crippen LogP contribution is 2.45. The van der Waals surface area contributed by atoms with Gasteiger partial charge >= 0.3 is 0 Å². The molecule has 6 heteroatoms. The molecule has 0 bridgehead atoms. The first kappa shape index (κ1) is 18.9. The first-order valence-corrected chi connectivity index (χ1v) is 10.6. The number of para-hydroxylation sites is 1. The third kappa shape index (κ3) is 3.49. The van der Waals surface area contributed by atoms with Crippen LogP contribution in [0.15, 0.2) is 35.7 Å². The lowest BCUT2D eigenvalue weighted by Crippen LogP contribution is -2.28. The van der Waals surface area contributed by atoms with Crippen LogP contribution in [0, 0.1) is 11.3 Å². The van der Waals surface area contributed by atoms with E-state index in [-0.39, 0.29) is 5.75 Å². The molecule has 1 aliphatic carbocycles. The number of hydrogen-bond donors (Lipinski definition) is 2. The summed E-state index contributed by atoms with van der Waals surface area (Å²) in [5.74, 6) is 1.61. The lowest BCUT2D eigenvalue weighted by atomic mass is 9.69. The van der Waals surface area contributed by atoms with Crippen LogP contribution in [0.5, 0.6) is 5.75 Å². The van der Waals surface area contributed by atoms with E-state index in [0.717, 1.165) is 28.9 Å². The van der Waals surface area contributed by atoms with Crippen molar-refractivity contribution in [3.8, 4) is 5.75 Å². The van der Waals surface area contributed by atoms with Crippen molar-refractivity contribution in [3.63, 3.8) is 0 Å². The molecule has 5 nitrogen and oxygen atoms in total. The predicted octanol–water partition coefficient (Wildman–Crippen LogP) is 5.38. The molecule has 0 saturated carbocycles.